The van der Waals surface area contributed by atoms with Crippen LogP contribution >= 0.6 is 0 Å². The van der Waals surface area contributed by atoms with Gasteiger partial charge in [0.2, 0.25) is 11.8 Å². The average Bonchev–Trinajstić information content (AvgIpc) is 3.42. The molecule has 3 amide bonds. The van der Waals surface area contributed by atoms with Gasteiger partial charge in [-0.15, -0.1) is 0 Å². The molecule has 35 heavy (non-hydrogen) atoms. The number of rotatable bonds is 5. The first kappa shape index (κ1) is 25.4. The number of ether oxygens (including phenoxy) is 1. The molecule has 3 N–H and O–H groups in total. The van der Waals surface area contributed by atoms with Gasteiger partial charge in [-0.25, -0.2) is 10.3 Å². The fraction of sp³-hybridized carbons (Fsp3) is 0.654. The summed E-state index contributed by atoms with van der Waals surface area (Å²) in [6.07, 6.45) is 1.59. The molecule has 1 aromatic rings. The van der Waals surface area contributed by atoms with Crippen LogP contribution in [-0.4, -0.2) is 76.4 Å². The highest BCUT2D eigenvalue weighted by Crippen LogP contribution is 2.45. The van der Waals surface area contributed by atoms with Crippen molar-refractivity contribution < 1.29 is 29.4 Å². The highest BCUT2D eigenvalue weighted by Gasteiger charge is 2.63. The summed E-state index contributed by atoms with van der Waals surface area (Å²) < 4.78 is 5.58. The van der Waals surface area contributed by atoms with Crippen molar-refractivity contribution in [3.8, 4) is 0 Å². The lowest BCUT2D eigenvalue weighted by Crippen LogP contribution is -2.73. The molecule has 9 heteroatoms. The van der Waals surface area contributed by atoms with Gasteiger partial charge >= 0.3 is 6.09 Å². The number of carboxylic acid groups (broad SMARTS) is 1. The molecular formula is C26H37N3O6. The summed E-state index contributed by atoms with van der Waals surface area (Å²) in [5, 5.41) is 19.6. The quantitative estimate of drug-likeness (QED) is 0.434. The molecule has 3 heterocycles. The lowest BCUT2D eigenvalue weighted by molar-refractivity contribution is -0.165. The molecule has 0 saturated carbocycles. The molecule has 0 spiro atoms. The van der Waals surface area contributed by atoms with Gasteiger partial charge in [-0.3, -0.25) is 19.7 Å². The molecule has 1 aromatic carbocycles. The van der Waals surface area contributed by atoms with Crippen LogP contribution in [0, 0.1) is 11.8 Å². The molecule has 0 radical (unpaired) electrons. The van der Waals surface area contributed by atoms with Gasteiger partial charge in [-0.1, -0.05) is 38.1 Å². The molecule has 4 rings (SSSR count). The Morgan fingerprint density at radius 3 is 2.46 bits per heavy atom. The Morgan fingerprint density at radius 1 is 1.11 bits per heavy atom. The molecule has 192 valence electrons. The summed E-state index contributed by atoms with van der Waals surface area (Å²) in [4.78, 5) is 42.4. The fourth-order valence-electron chi connectivity index (χ4n) is 6.38. The van der Waals surface area contributed by atoms with E-state index in [2.05, 4.69) is 38.1 Å². The maximum Gasteiger partial charge on any atom is 0.408 e. The first-order valence-electron chi connectivity index (χ1n) is 12.7. The number of hydrogen-bond donors (Lipinski definition) is 3. The summed E-state index contributed by atoms with van der Waals surface area (Å²) in [6.45, 7) is 6.12. The van der Waals surface area contributed by atoms with Gasteiger partial charge in [0.25, 0.3) is 0 Å². The zero-order valence-corrected chi connectivity index (χ0v) is 20.6. The minimum Gasteiger partial charge on any atom is -0.465 e. The van der Waals surface area contributed by atoms with Gasteiger partial charge in [0.15, 0.2) is 0 Å². The topological polar surface area (TPSA) is 119 Å². The Hall–Kier alpha value is -2.65. The monoisotopic (exact) mass is 487 g/mol. The number of amides is 3. The normalized spacial score (nSPS) is 27.8. The van der Waals surface area contributed by atoms with Crippen LogP contribution in [-0.2, 0) is 14.3 Å². The number of carbonyl (C=O) groups is 3. The fourth-order valence-corrected chi connectivity index (χ4v) is 6.38. The summed E-state index contributed by atoms with van der Waals surface area (Å²) in [7, 11) is 0. The third-order valence-electron chi connectivity index (χ3n) is 8.24. The highest BCUT2D eigenvalue weighted by molar-refractivity contribution is 5.96. The van der Waals surface area contributed by atoms with Crippen molar-refractivity contribution in [1.82, 2.24) is 15.3 Å². The summed E-state index contributed by atoms with van der Waals surface area (Å²) >= 11 is 0. The van der Waals surface area contributed by atoms with Gasteiger partial charge in [0.1, 0.15) is 5.54 Å². The second-order valence-electron chi connectivity index (χ2n) is 10.4. The zero-order valence-electron chi connectivity index (χ0n) is 20.6. The molecule has 0 unspecified atom stereocenters. The Balaban J connectivity index is 1.63. The van der Waals surface area contributed by atoms with Crippen LogP contribution in [0.1, 0.15) is 68.9 Å². The Labute approximate surface area is 206 Å². The van der Waals surface area contributed by atoms with Crippen LogP contribution < -0.4 is 5.48 Å². The van der Waals surface area contributed by atoms with Crippen molar-refractivity contribution in [1.29, 1.82) is 0 Å². The third-order valence-corrected chi connectivity index (χ3v) is 8.24. The number of likely N-dealkylation sites (tertiary alicyclic amines) is 2. The summed E-state index contributed by atoms with van der Waals surface area (Å²) in [5.41, 5.74) is 2.68. The summed E-state index contributed by atoms with van der Waals surface area (Å²) in [6, 6.07) is 8.61. The van der Waals surface area contributed by atoms with Crippen molar-refractivity contribution in [2.45, 2.75) is 63.3 Å². The van der Waals surface area contributed by atoms with Crippen molar-refractivity contribution in [2.24, 2.45) is 11.8 Å². The van der Waals surface area contributed by atoms with Crippen LogP contribution in [0.15, 0.2) is 24.3 Å². The van der Waals surface area contributed by atoms with E-state index in [1.807, 2.05) is 0 Å². The second-order valence-corrected chi connectivity index (χ2v) is 10.4. The van der Waals surface area contributed by atoms with Gasteiger partial charge in [-0.2, -0.15) is 0 Å². The third kappa shape index (κ3) is 4.63. The number of piperidine rings is 2. The van der Waals surface area contributed by atoms with Crippen LogP contribution in [0.25, 0.3) is 0 Å². The number of benzene rings is 1. The molecule has 0 aliphatic carbocycles. The van der Waals surface area contributed by atoms with E-state index < -0.39 is 29.4 Å². The maximum atomic E-state index is 14.3. The number of hydroxylamine groups is 1. The van der Waals surface area contributed by atoms with Gasteiger partial charge in [0.05, 0.1) is 12.5 Å². The van der Waals surface area contributed by atoms with E-state index in [-0.39, 0.29) is 19.1 Å². The first-order chi connectivity index (χ1) is 16.8. The molecule has 3 aliphatic rings. The maximum absolute atomic E-state index is 14.3. The SMILES string of the molecule is CC(C)c1cccc(C2CCN(C(=O)[C@]3([C@H]4CCOC4)[C@@H](C(=O)NO)CCCN3C(=O)O)CC2)c1. The molecule has 3 fully saturated rings. The molecule has 0 aromatic heterocycles. The van der Waals surface area contributed by atoms with Crippen LogP contribution in [0.4, 0.5) is 4.79 Å². The Bertz CT molecular complexity index is 939. The van der Waals surface area contributed by atoms with Gasteiger partial charge in [-0.05, 0) is 55.1 Å². The molecule has 9 nitrogen and oxygen atoms in total. The zero-order chi connectivity index (χ0) is 25.2. The Kier molecular flexibility index (Phi) is 7.66. The molecule has 3 saturated heterocycles. The minimum atomic E-state index is -1.59. The number of nitrogens with one attached hydrogen (secondary N) is 1. The van der Waals surface area contributed by atoms with Crippen molar-refractivity contribution in [3.63, 3.8) is 0 Å². The van der Waals surface area contributed by atoms with E-state index in [4.69, 9.17) is 4.74 Å². The number of hydrogen-bond acceptors (Lipinski definition) is 5. The van der Waals surface area contributed by atoms with Crippen LogP contribution in [0.5, 0.6) is 0 Å². The van der Waals surface area contributed by atoms with Crippen LogP contribution in [0.2, 0.25) is 0 Å². The van der Waals surface area contributed by atoms with E-state index in [9.17, 15) is 24.7 Å². The lowest BCUT2D eigenvalue weighted by atomic mass is 9.66. The van der Waals surface area contributed by atoms with Gasteiger partial charge < -0.3 is 14.7 Å². The molecule has 3 aliphatic heterocycles. The predicted octanol–water partition coefficient (Wildman–Crippen LogP) is 3.19. The minimum absolute atomic E-state index is 0.172. The summed E-state index contributed by atoms with van der Waals surface area (Å²) in [5.74, 6) is -1.71. The predicted molar refractivity (Wildman–Crippen MR) is 128 cm³/mol. The van der Waals surface area contributed by atoms with Gasteiger partial charge in [0, 0.05) is 32.2 Å². The van der Waals surface area contributed by atoms with E-state index in [0.29, 0.717) is 50.8 Å². The largest absolute Gasteiger partial charge is 0.465 e. The van der Waals surface area contributed by atoms with E-state index in [0.717, 1.165) is 17.7 Å². The smallest absolute Gasteiger partial charge is 0.408 e. The highest BCUT2D eigenvalue weighted by atomic mass is 16.5. The number of nitrogens with zero attached hydrogens (tertiary/aromatic N) is 2. The van der Waals surface area contributed by atoms with Crippen molar-refractivity contribution in [3.05, 3.63) is 35.4 Å². The molecule has 0 bridgehead atoms. The van der Waals surface area contributed by atoms with Crippen molar-refractivity contribution in [2.75, 3.05) is 32.8 Å². The van der Waals surface area contributed by atoms with E-state index in [1.165, 1.54) is 11.1 Å². The van der Waals surface area contributed by atoms with E-state index in [1.54, 1.807) is 10.4 Å². The average molecular weight is 488 g/mol. The standard InChI is InChI=1S/C26H37N3O6/c1-17(2)19-5-3-6-20(15-19)18-8-12-28(13-9-18)24(31)26(21-10-14-35-16-21)22(23(30)27-34)7-4-11-29(26)25(32)33/h3,5-6,15,17-18,21-22,34H,4,7-14,16H2,1-2H3,(H,27,30)(H,32,33)/t21-,22+,26-/m0/s1. The van der Waals surface area contributed by atoms with Crippen LogP contribution in [0.3, 0.4) is 0 Å². The first-order valence-corrected chi connectivity index (χ1v) is 12.7. The molecular weight excluding hydrogens is 450 g/mol. The number of carbonyl (C=O) groups excluding carboxylic acids is 2. The lowest BCUT2D eigenvalue weighted by Gasteiger charge is -2.53. The van der Waals surface area contributed by atoms with E-state index >= 15 is 0 Å². The van der Waals surface area contributed by atoms with Crippen molar-refractivity contribution >= 4 is 17.9 Å². The second kappa shape index (κ2) is 10.5. The Morgan fingerprint density at radius 2 is 1.86 bits per heavy atom. The molecule has 3 atom stereocenters.